The summed E-state index contributed by atoms with van der Waals surface area (Å²) in [5.41, 5.74) is -3.02. The summed E-state index contributed by atoms with van der Waals surface area (Å²) in [6.45, 7) is 39.8. The van der Waals surface area contributed by atoms with Gasteiger partial charge in [0.05, 0.1) is 146 Å². The molecule has 0 bridgehead atoms. The third-order valence-electron chi connectivity index (χ3n) is 17.3. The van der Waals surface area contributed by atoms with Crippen molar-refractivity contribution >= 4 is 17.9 Å². The summed E-state index contributed by atoms with van der Waals surface area (Å²) in [6.07, 6.45) is 19.8. The normalized spacial score (nSPS) is 29.2. The Labute approximate surface area is 478 Å². The molecule has 1 N–H and O–H groups in total. The van der Waals surface area contributed by atoms with Gasteiger partial charge in [-0.1, -0.05) is 68.0 Å². The highest BCUT2D eigenvalue weighted by molar-refractivity contribution is 5.77. The topological polar surface area (TPSA) is 175 Å². The summed E-state index contributed by atoms with van der Waals surface area (Å²) >= 11 is 0. The van der Waals surface area contributed by atoms with E-state index in [1.807, 2.05) is 19.9 Å². The Morgan fingerprint density at radius 3 is 1.69 bits per heavy atom. The van der Waals surface area contributed by atoms with Crippen LogP contribution in [0.4, 0.5) is 0 Å². The smallest absolute Gasteiger partial charge is 0.313 e. The fourth-order valence-corrected chi connectivity index (χ4v) is 12.5. The Morgan fingerprint density at radius 1 is 0.675 bits per heavy atom. The van der Waals surface area contributed by atoms with Gasteiger partial charge in [-0.25, -0.2) is 0 Å². The second-order valence-electron chi connectivity index (χ2n) is 23.7. The van der Waals surface area contributed by atoms with E-state index >= 15 is 0 Å². The highest BCUT2D eigenvalue weighted by Crippen LogP contribution is 2.65. The maximum atomic E-state index is 14.4. The van der Waals surface area contributed by atoms with Crippen LogP contribution in [-0.4, -0.2) is 172 Å². The van der Waals surface area contributed by atoms with Crippen molar-refractivity contribution < 1.29 is 76.0 Å². The van der Waals surface area contributed by atoms with Crippen molar-refractivity contribution in [3.8, 4) is 0 Å². The zero-order valence-corrected chi connectivity index (χ0v) is 49.1. The quantitative estimate of drug-likeness (QED) is 0.0142. The van der Waals surface area contributed by atoms with Gasteiger partial charge in [0.2, 0.25) is 6.10 Å². The van der Waals surface area contributed by atoms with Gasteiger partial charge in [-0.2, -0.15) is 0 Å². The van der Waals surface area contributed by atoms with E-state index in [2.05, 4.69) is 59.9 Å². The number of esters is 3. The van der Waals surface area contributed by atoms with Crippen LogP contribution in [0.3, 0.4) is 0 Å². The van der Waals surface area contributed by atoms with Gasteiger partial charge < -0.3 is 61.6 Å². The van der Waals surface area contributed by atoms with Crippen molar-refractivity contribution in [3.05, 3.63) is 100 Å². The molecule has 3 aliphatic carbocycles. The lowest BCUT2D eigenvalue weighted by atomic mass is 9.58. The molecule has 7 unspecified atom stereocenters. The molecule has 0 amide bonds. The van der Waals surface area contributed by atoms with Crippen LogP contribution in [0.25, 0.3) is 0 Å². The molecule has 1 spiro atoms. The number of hydrogen-bond acceptors (Lipinski definition) is 15. The highest BCUT2D eigenvalue weighted by Gasteiger charge is 2.86. The first-order valence-electron chi connectivity index (χ1n) is 29.0. The summed E-state index contributed by atoms with van der Waals surface area (Å²) in [5.74, 6) is -1.23. The minimum absolute atomic E-state index is 0.0397. The predicted molar refractivity (Wildman–Crippen MR) is 308 cm³/mol. The molecule has 16 nitrogen and oxygen atoms in total. The van der Waals surface area contributed by atoms with E-state index < -0.39 is 33.2 Å². The van der Waals surface area contributed by atoms with Gasteiger partial charge in [0.1, 0.15) is 25.4 Å². The van der Waals surface area contributed by atoms with Crippen molar-refractivity contribution in [2.75, 3.05) is 132 Å². The number of fused-ring (bicyclic) bond motifs is 1. The van der Waals surface area contributed by atoms with Crippen LogP contribution in [0.15, 0.2) is 100 Å². The molecule has 2 heterocycles. The minimum atomic E-state index is -0.985. The van der Waals surface area contributed by atoms with Gasteiger partial charge in [0.25, 0.3) is 5.60 Å². The number of carbonyl (C=O) groups excluding carboxylic acids is 3. The lowest BCUT2D eigenvalue weighted by Gasteiger charge is -2.47. The summed E-state index contributed by atoms with van der Waals surface area (Å²) in [5, 5.41) is 0. The van der Waals surface area contributed by atoms with E-state index in [-0.39, 0.29) is 113 Å². The second-order valence-corrected chi connectivity index (χ2v) is 23.7. The average molecular weight is 1120 g/mol. The fraction of sp³-hybridized carbons (Fsp3) is 0.703. The minimum Gasteiger partial charge on any atom is -0.465 e. The van der Waals surface area contributed by atoms with Crippen LogP contribution >= 0.6 is 0 Å². The third-order valence-corrected chi connectivity index (χ3v) is 17.3. The van der Waals surface area contributed by atoms with Crippen molar-refractivity contribution in [3.63, 3.8) is 0 Å². The Morgan fingerprint density at radius 2 is 1.19 bits per heavy atom. The Kier molecular flexibility index (Phi) is 27.3. The van der Waals surface area contributed by atoms with E-state index in [0.717, 1.165) is 18.4 Å². The zero-order chi connectivity index (χ0) is 58.1. The number of epoxide rings is 1. The van der Waals surface area contributed by atoms with Crippen LogP contribution in [0.1, 0.15) is 85.5 Å². The van der Waals surface area contributed by atoms with E-state index in [9.17, 15) is 14.4 Å². The van der Waals surface area contributed by atoms with Gasteiger partial charge in [-0.3, -0.25) is 14.4 Å². The Hall–Kier alpha value is -4.07. The molecule has 450 valence electrons. The molecule has 0 radical (unpaired) electrons. The zero-order valence-electron chi connectivity index (χ0n) is 49.1. The highest BCUT2D eigenvalue weighted by atomic mass is 16.7. The van der Waals surface area contributed by atoms with E-state index in [1.54, 1.807) is 42.5 Å². The fourth-order valence-electron chi connectivity index (χ4n) is 12.5. The van der Waals surface area contributed by atoms with Crippen LogP contribution in [0.5, 0.6) is 0 Å². The molecule has 0 aromatic heterocycles. The number of hydrogen-bond donors (Lipinski definition) is 0. The molecule has 8 atom stereocenters. The van der Waals surface area contributed by atoms with Gasteiger partial charge in [0, 0.05) is 11.8 Å². The van der Waals surface area contributed by atoms with Gasteiger partial charge in [0.15, 0.2) is 0 Å². The maximum Gasteiger partial charge on any atom is 0.313 e. The Balaban J connectivity index is 1.20. The molecule has 3 saturated carbocycles. The molecule has 5 rings (SSSR count). The average Bonchev–Trinajstić information content (AvgIpc) is 4.45. The Bertz CT molecular complexity index is 1990. The van der Waals surface area contributed by atoms with Crippen LogP contribution < -0.4 is 0 Å². The largest absolute Gasteiger partial charge is 0.465 e. The van der Waals surface area contributed by atoms with Crippen molar-refractivity contribution in [2.45, 2.75) is 103 Å². The number of carbonyl (C=O) groups is 3. The molecule has 80 heavy (non-hydrogen) atoms. The van der Waals surface area contributed by atoms with Crippen molar-refractivity contribution in [2.24, 2.45) is 51.2 Å². The molecule has 5 aliphatic rings. The SMILES string of the molecule is C=CCOCC(COCC=C)(COCC=C)COC(=O)C1CCC(C(C)(CC)C(=O)OCC2(COCC=C)COC/C=C3/CC(C4[OH+]C45[C@@H](C)CC5(C)OCC(COCC=C)(COCC=C)COCC=C)CCC3C(=O)OC2)CC1. The first-order chi connectivity index (χ1) is 38.6. The summed E-state index contributed by atoms with van der Waals surface area (Å²) in [4.78, 5) is 42.3. The molecule has 0 aromatic carbocycles. The van der Waals surface area contributed by atoms with E-state index in [4.69, 9.17) is 61.6 Å². The molecule has 16 heteroatoms. The molecular weight excluding hydrogens is 1020 g/mol. The number of aliphatic hydroxyl groups is 2. The summed E-state index contributed by atoms with van der Waals surface area (Å²) in [7, 11) is 0. The molecule has 2 aliphatic heterocycles. The van der Waals surface area contributed by atoms with Gasteiger partial charge in [-0.15, -0.1) is 46.1 Å². The lowest BCUT2D eigenvalue weighted by molar-refractivity contribution is -0.227. The molecular formula is C64H99O16+. The molecule has 0 aromatic rings. The number of ether oxygens (including phenoxy) is 13. The van der Waals surface area contributed by atoms with Crippen LogP contribution in [0, 0.1) is 51.2 Å². The van der Waals surface area contributed by atoms with Gasteiger partial charge in [-0.05, 0) is 77.6 Å². The third kappa shape index (κ3) is 17.5. The monoisotopic (exact) mass is 1120 g/mol. The molecule has 1 saturated heterocycles. The standard InChI is InChI=1S/C64H98O16/c1-12-27-68-37-61(38-69-28-13-2,39-70-29-14-3)45-76-56(65)50-20-23-53(24-21-50)59(10,19-8)58(67)78-47-63(43-74-33-18-7)44-75-34-26-51-35-52(22-25-54(51)57(66)77-46-63)55-64(80-55)49(9)36-60(64,11)79-48-62(40-71-30-15-4,41-72-31-16-5)42-73-32-17-6/h12-18,26,49-50,52-55H,1-7,19-25,27-48H2,8-11H3/p+1/b51-26-/t49-,50?,52?,53?,54?,55?,59?,60?,63?,64?/m0/s1. The van der Waals surface area contributed by atoms with E-state index in [0.29, 0.717) is 117 Å². The van der Waals surface area contributed by atoms with E-state index in [1.165, 1.54) is 0 Å². The maximum absolute atomic E-state index is 14.4. The summed E-state index contributed by atoms with van der Waals surface area (Å²) in [6, 6.07) is 0. The van der Waals surface area contributed by atoms with Crippen molar-refractivity contribution in [1.29, 1.82) is 0 Å². The predicted octanol–water partition coefficient (Wildman–Crippen LogP) is 9.05. The number of rotatable bonds is 40. The first kappa shape index (κ1) is 66.7. The molecule has 4 fully saturated rings. The van der Waals surface area contributed by atoms with Crippen molar-refractivity contribution in [1.82, 2.24) is 0 Å². The summed E-state index contributed by atoms with van der Waals surface area (Å²) < 4.78 is 79.0. The first-order valence-corrected chi connectivity index (χ1v) is 29.0. The number of cyclic esters (lactones) is 1. The lowest BCUT2D eigenvalue weighted by Crippen LogP contribution is -2.64. The van der Waals surface area contributed by atoms with Gasteiger partial charge >= 0.3 is 17.9 Å². The van der Waals surface area contributed by atoms with Crippen LogP contribution in [-0.2, 0) is 71.2 Å². The van der Waals surface area contributed by atoms with Crippen LogP contribution in [0.2, 0.25) is 0 Å². The second kappa shape index (κ2) is 32.7.